The lowest BCUT2D eigenvalue weighted by molar-refractivity contribution is -0.139. The standard InChI is InChI=1S/C31H37N3O6S/c1-5-23(3)32-31(36)24(4)33(20-25-11-9-10-22(2)18-25)30(35)21-34(41(37,38)27-12-7-6-8-13-27)26-14-15-28-29(19-26)40-17-16-39-28/h6-15,18-19,23-24H,5,16-17,20-21H2,1-4H3,(H,32,36)/t23-,24-/m1/s1. The van der Waals surface area contributed by atoms with Crippen molar-refractivity contribution in [3.05, 3.63) is 83.9 Å². The number of carbonyl (C=O) groups excluding carboxylic acids is 2. The van der Waals surface area contributed by atoms with Crippen LogP contribution in [0.5, 0.6) is 11.5 Å². The molecule has 41 heavy (non-hydrogen) atoms. The van der Waals surface area contributed by atoms with Crippen LogP contribution in [0.3, 0.4) is 0 Å². The van der Waals surface area contributed by atoms with Crippen molar-refractivity contribution < 1.29 is 27.5 Å². The topological polar surface area (TPSA) is 105 Å². The summed E-state index contributed by atoms with van der Waals surface area (Å²) in [5.74, 6) is 0.0667. The summed E-state index contributed by atoms with van der Waals surface area (Å²) in [7, 11) is -4.17. The third-order valence-corrected chi connectivity index (χ3v) is 8.82. The highest BCUT2D eigenvalue weighted by atomic mass is 32.2. The predicted molar refractivity (Wildman–Crippen MR) is 157 cm³/mol. The summed E-state index contributed by atoms with van der Waals surface area (Å²) in [6.07, 6.45) is 0.734. The maximum Gasteiger partial charge on any atom is 0.264 e. The number of benzene rings is 3. The molecule has 0 aromatic heterocycles. The van der Waals surface area contributed by atoms with Crippen molar-refractivity contribution in [1.82, 2.24) is 10.2 Å². The van der Waals surface area contributed by atoms with Crippen LogP contribution < -0.4 is 19.1 Å². The van der Waals surface area contributed by atoms with Gasteiger partial charge in [-0.05, 0) is 57.0 Å². The Hall–Kier alpha value is -4.05. The average Bonchev–Trinajstić information content (AvgIpc) is 2.98. The zero-order valence-corrected chi connectivity index (χ0v) is 24.7. The molecule has 1 aliphatic rings. The van der Waals surface area contributed by atoms with E-state index in [0.717, 1.165) is 21.9 Å². The van der Waals surface area contributed by atoms with Crippen LogP contribution in [0.25, 0.3) is 0 Å². The Morgan fingerprint density at radius 2 is 1.63 bits per heavy atom. The van der Waals surface area contributed by atoms with Crippen molar-refractivity contribution in [3.63, 3.8) is 0 Å². The minimum absolute atomic E-state index is 0.0375. The van der Waals surface area contributed by atoms with Crippen molar-refractivity contribution in [2.45, 2.75) is 57.6 Å². The van der Waals surface area contributed by atoms with Gasteiger partial charge in [-0.15, -0.1) is 0 Å². The van der Waals surface area contributed by atoms with E-state index in [0.29, 0.717) is 24.7 Å². The summed E-state index contributed by atoms with van der Waals surface area (Å²) >= 11 is 0. The molecule has 0 fully saturated rings. The van der Waals surface area contributed by atoms with Gasteiger partial charge in [0.2, 0.25) is 11.8 Å². The van der Waals surface area contributed by atoms with E-state index in [1.54, 1.807) is 43.3 Å². The molecule has 10 heteroatoms. The van der Waals surface area contributed by atoms with Crippen LogP contribution in [0.15, 0.2) is 77.7 Å². The van der Waals surface area contributed by atoms with Crippen LogP contribution in [-0.4, -0.2) is 57.0 Å². The first-order valence-corrected chi connectivity index (χ1v) is 15.2. The zero-order chi connectivity index (χ0) is 29.6. The van der Waals surface area contributed by atoms with E-state index < -0.39 is 28.5 Å². The summed E-state index contributed by atoms with van der Waals surface area (Å²) in [5, 5.41) is 2.94. The van der Waals surface area contributed by atoms with E-state index in [-0.39, 0.29) is 29.1 Å². The highest BCUT2D eigenvalue weighted by Gasteiger charge is 2.33. The molecule has 9 nitrogen and oxygen atoms in total. The fourth-order valence-electron chi connectivity index (χ4n) is 4.49. The summed E-state index contributed by atoms with van der Waals surface area (Å²) in [5.41, 5.74) is 2.09. The molecule has 0 aliphatic carbocycles. The molecule has 4 rings (SSSR count). The van der Waals surface area contributed by atoms with Crippen LogP contribution in [0.2, 0.25) is 0 Å². The lowest BCUT2D eigenvalue weighted by Crippen LogP contribution is -2.52. The average molecular weight is 580 g/mol. The van der Waals surface area contributed by atoms with E-state index in [2.05, 4.69) is 5.32 Å². The van der Waals surface area contributed by atoms with Gasteiger partial charge in [0, 0.05) is 18.7 Å². The van der Waals surface area contributed by atoms with Gasteiger partial charge in [-0.1, -0.05) is 55.0 Å². The lowest BCUT2D eigenvalue weighted by atomic mass is 10.1. The number of anilines is 1. The first-order chi connectivity index (χ1) is 19.6. The van der Waals surface area contributed by atoms with Crippen molar-refractivity contribution in [2.75, 3.05) is 24.1 Å². The fourth-order valence-corrected chi connectivity index (χ4v) is 5.92. The summed E-state index contributed by atoms with van der Waals surface area (Å²) in [4.78, 5) is 28.7. The Morgan fingerprint density at radius 3 is 2.32 bits per heavy atom. The molecule has 0 radical (unpaired) electrons. The zero-order valence-electron chi connectivity index (χ0n) is 23.9. The van der Waals surface area contributed by atoms with Crippen molar-refractivity contribution in [1.29, 1.82) is 0 Å². The number of ether oxygens (including phenoxy) is 2. The van der Waals surface area contributed by atoms with E-state index in [4.69, 9.17) is 9.47 Å². The number of nitrogens with zero attached hydrogens (tertiary/aromatic N) is 2. The summed E-state index contributed by atoms with van der Waals surface area (Å²) < 4.78 is 40.3. The molecule has 2 atom stereocenters. The molecular weight excluding hydrogens is 542 g/mol. The Kier molecular flexibility index (Phi) is 9.54. The molecule has 1 aliphatic heterocycles. The van der Waals surface area contributed by atoms with E-state index in [1.807, 2.05) is 45.0 Å². The molecule has 0 spiro atoms. The smallest absolute Gasteiger partial charge is 0.264 e. The van der Waals surface area contributed by atoms with Gasteiger partial charge in [0.25, 0.3) is 10.0 Å². The Balaban J connectivity index is 1.73. The molecule has 1 heterocycles. The van der Waals surface area contributed by atoms with Gasteiger partial charge in [0.15, 0.2) is 11.5 Å². The molecule has 1 N–H and O–H groups in total. The molecule has 2 amide bonds. The number of amides is 2. The third kappa shape index (κ3) is 7.18. The monoisotopic (exact) mass is 579 g/mol. The largest absolute Gasteiger partial charge is 0.486 e. The number of fused-ring (bicyclic) bond motifs is 1. The van der Waals surface area contributed by atoms with Crippen LogP contribution >= 0.6 is 0 Å². The molecule has 0 unspecified atom stereocenters. The maximum absolute atomic E-state index is 14.1. The van der Waals surface area contributed by atoms with Crippen LogP contribution in [0.4, 0.5) is 5.69 Å². The van der Waals surface area contributed by atoms with Gasteiger partial charge >= 0.3 is 0 Å². The van der Waals surface area contributed by atoms with Gasteiger partial charge in [-0.3, -0.25) is 13.9 Å². The maximum atomic E-state index is 14.1. The summed E-state index contributed by atoms with van der Waals surface area (Å²) in [6, 6.07) is 19.5. The fraction of sp³-hybridized carbons (Fsp3) is 0.355. The number of nitrogens with one attached hydrogen (secondary N) is 1. The second-order valence-electron chi connectivity index (χ2n) is 10.2. The van der Waals surface area contributed by atoms with Crippen molar-refractivity contribution in [2.24, 2.45) is 0 Å². The second kappa shape index (κ2) is 13.1. The molecule has 0 saturated heterocycles. The molecule has 0 bridgehead atoms. The Morgan fingerprint density at radius 1 is 0.927 bits per heavy atom. The molecule has 3 aromatic rings. The van der Waals surface area contributed by atoms with Crippen LogP contribution in [0, 0.1) is 6.92 Å². The summed E-state index contributed by atoms with van der Waals surface area (Å²) in [6.45, 7) is 7.80. The van der Waals surface area contributed by atoms with Gasteiger partial charge in [0.1, 0.15) is 25.8 Å². The highest BCUT2D eigenvalue weighted by Crippen LogP contribution is 2.36. The van der Waals surface area contributed by atoms with Crippen LogP contribution in [-0.2, 0) is 26.2 Å². The number of hydrogen-bond donors (Lipinski definition) is 1. The number of carbonyl (C=O) groups is 2. The van der Waals surface area contributed by atoms with Gasteiger partial charge in [-0.25, -0.2) is 8.42 Å². The number of hydrogen-bond acceptors (Lipinski definition) is 6. The first-order valence-electron chi connectivity index (χ1n) is 13.7. The minimum Gasteiger partial charge on any atom is -0.486 e. The van der Waals surface area contributed by atoms with E-state index >= 15 is 0 Å². The third-order valence-electron chi connectivity index (χ3n) is 7.03. The molecule has 3 aromatic carbocycles. The van der Waals surface area contributed by atoms with Crippen molar-refractivity contribution in [3.8, 4) is 11.5 Å². The Labute approximate surface area is 242 Å². The second-order valence-corrected chi connectivity index (χ2v) is 12.0. The first kappa shape index (κ1) is 29.9. The predicted octanol–water partition coefficient (Wildman–Crippen LogP) is 4.29. The SMILES string of the molecule is CC[C@@H](C)NC(=O)[C@@H](C)N(Cc1cccc(C)c1)C(=O)CN(c1ccc2c(c1)OCCO2)S(=O)(=O)c1ccccc1. The number of aryl methyl sites for hydroxylation is 1. The normalized spacial score (nSPS) is 14.0. The van der Waals surface area contributed by atoms with E-state index in [9.17, 15) is 18.0 Å². The van der Waals surface area contributed by atoms with Crippen molar-refractivity contribution >= 4 is 27.5 Å². The lowest BCUT2D eigenvalue weighted by Gasteiger charge is -2.32. The van der Waals surface area contributed by atoms with Gasteiger partial charge in [-0.2, -0.15) is 0 Å². The Bertz CT molecular complexity index is 1480. The number of rotatable bonds is 11. The van der Waals surface area contributed by atoms with Gasteiger partial charge in [0.05, 0.1) is 10.6 Å². The quantitative estimate of drug-likeness (QED) is 0.363. The van der Waals surface area contributed by atoms with E-state index in [1.165, 1.54) is 17.0 Å². The van der Waals surface area contributed by atoms with Gasteiger partial charge < -0.3 is 19.7 Å². The minimum atomic E-state index is -4.17. The highest BCUT2D eigenvalue weighted by molar-refractivity contribution is 7.92. The molecule has 0 saturated carbocycles. The number of sulfonamides is 1. The molecule has 218 valence electrons. The molecular formula is C31H37N3O6S. The van der Waals surface area contributed by atoms with Crippen LogP contribution in [0.1, 0.15) is 38.3 Å².